The van der Waals surface area contributed by atoms with Gasteiger partial charge in [0.2, 0.25) is 11.8 Å². The van der Waals surface area contributed by atoms with Crippen molar-refractivity contribution in [3.63, 3.8) is 0 Å². The van der Waals surface area contributed by atoms with Gasteiger partial charge in [0.25, 0.3) is 0 Å². The molecule has 1 fully saturated rings. The van der Waals surface area contributed by atoms with E-state index in [1.807, 2.05) is 30.3 Å². The number of anilines is 1. The fourth-order valence-corrected chi connectivity index (χ4v) is 3.35. The van der Waals surface area contributed by atoms with Gasteiger partial charge < -0.3 is 5.32 Å². The van der Waals surface area contributed by atoms with Crippen LogP contribution in [-0.2, 0) is 9.59 Å². The zero-order valence-electron chi connectivity index (χ0n) is 13.5. The first-order valence-corrected chi connectivity index (χ1v) is 8.55. The van der Waals surface area contributed by atoms with Crippen molar-refractivity contribution in [2.24, 2.45) is 4.99 Å². The Kier molecular flexibility index (Phi) is 5.14. The summed E-state index contributed by atoms with van der Waals surface area (Å²) in [5, 5.41) is 2.32. The maximum Gasteiger partial charge on any atom is 0.238 e. The Hall–Kier alpha value is -2.67. The zero-order valence-corrected chi connectivity index (χ0v) is 14.3. The lowest BCUT2D eigenvalue weighted by Crippen LogP contribution is -2.43. The van der Waals surface area contributed by atoms with Crippen molar-refractivity contribution < 1.29 is 14.0 Å². The average Bonchev–Trinajstić information content (AvgIpc) is 2.61. The number of hydrogen-bond acceptors (Lipinski definition) is 4. The summed E-state index contributed by atoms with van der Waals surface area (Å²) < 4.78 is 13.7. The molecule has 2 aromatic rings. The quantitative estimate of drug-likeness (QED) is 0.916. The molecule has 0 bridgehead atoms. The molecule has 2 amide bonds. The number of benzene rings is 2. The van der Waals surface area contributed by atoms with Crippen molar-refractivity contribution in [3.8, 4) is 0 Å². The molecule has 25 heavy (non-hydrogen) atoms. The third-order valence-electron chi connectivity index (χ3n) is 3.67. The standard InChI is InChI=1S/C18H16FN3O2S/c1-22-16(23)11-15(17(24)21-14-10-6-5-9-13(14)19)25-18(22)20-12-7-3-2-4-8-12/h2-10,15H,11H2,1H3,(H,21,24)/t15-/m0/s1. The number of hydrogen-bond donors (Lipinski definition) is 1. The number of thioether (sulfide) groups is 1. The van der Waals surface area contributed by atoms with Crippen molar-refractivity contribution in [1.29, 1.82) is 0 Å². The summed E-state index contributed by atoms with van der Waals surface area (Å²) in [6, 6.07) is 15.1. The van der Waals surface area contributed by atoms with Crippen LogP contribution in [-0.4, -0.2) is 34.2 Å². The molecule has 0 aliphatic carbocycles. The second-order valence-electron chi connectivity index (χ2n) is 5.46. The third-order valence-corrected chi connectivity index (χ3v) is 4.92. The van der Waals surface area contributed by atoms with E-state index < -0.39 is 17.0 Å². The molecule has 1 aliphatic rings. The average molecular weight is 357 g/mol. The van der Waals surface area contributed by atoms with Crippen molar-refractivity contribution in [2.45, 2.75) is 11.7 Å². The Bertz CT molecular complexity index is 826. The lowest BCUT2D eigenvalue weighted by Gasteiger charge is -2.28. The monoisotopic (exact) mass is 357 g/mol. The van der Waals surface area contributed by atoms with Gasteiger partial charge in [-0.15, -0.1) is 0 Å². The van der Waals surface area contributed by atoms with E-state index in [0.29, 0.717) is 10.9 Å². The lowest BCUT2D eigenvalue weighted by molar-refractivity contribution is -0.128. The van der Waals surface area contributed by atoms with Gasteiger partial charge in [-0.25, -0.2) is 9.38 Å². The van der Waals surface area contributed by atoms with Gasteiger partial charge in [0.1, 0.15) is 11.1 Å². The van der Waals surface area contributed by atoms with Gasteiger partial charge >= 0.3 is 0 Å². The first-order valence-electron chi connectivity index (χ1n) is 7.67. The van der Waals surface area contributed by atoms with E-state index in [4.69, 9.17) is 0 Å². The molecule has 1 aliphatic heterocycles. The predicted octanol–water partition coefficient (Wildman–Crippen LogP) is 3.42. The van der Waals surface area contributed by atoms with Crippen LogP contribution in [0.5, 0.6) is 0 Å². The molecule has 1 saturated heterocycles. The van der Waals surface area contributed by atoms with Crippen LogP contribution in [0.3, 0.4) is 0 Å². The smallest absolute Gasteiger partial charge is 0.238 e. The van der Waals surface area contributed by atoms with Crippen LogP contribution in [0.4, 0.5) is 15.8 Å². The van der Waals surface area contributed by atoms with Gasteiger partial charge in [0.05, 0.1) is 11.4 Å². The summed E-state index contributed by atoms with van der Waals surface area (Å²) in [5.41, 5.74) is 0.792. The molecule has 1 heterocycles. The topological polar surface area (TPSA) is 61.8 Å². The van der Waals surface area contributed by atoms with Crippen LogP contribution in [0, 0.1) is 5.82 Å². The summed E-state index contributed by atoms with van der Waals surface area (Å²) in [6.45, 7) is 0. The largest absolute Gasteiger partial charge is 0.323 e. The minimum atomic E-state index is -0.661. The number of carbonyl (C=O) groups is 2. The summed E-state index contributed by atoms with van der Waals surface area (Å²) in [7, 11) is 1.63. The molecule has 3 rings (SSSR count). The fourth-order valence-electron chi connectivity index (χ4n) is 2.29. The SMILES string of the molecule is CN1C(=O)C[C@@H](C(=O)Nc2ccccc2F)SC1=Nc1ccccc1. The highest BCUT2D eigenvalue weighted by Gasteiger charge is 2.34. The number of halogens is 1. The van der Waals surface area contributed by atoms with Crippen molar-refractivity contribution in [2.75, 3.05) is 12.4 Å². The van der Waals surface area contributed by atoms with Crippen LogP contribution in [0.1, 0.15) is 6.42 Å². The molecular formula is C18H16FN3O2S. The second kappa shape index (κ2) is 7.48. The molecule has 0 aromatic heterocycles. The Morgan fingerprint density at radius 2 is 1.88 bits per heavy atom. The lowest BCUT2D eigenvalue weighted by atomic mass is 10.2. The summed E-state index contributed by atoms with van der Waals surface area (Å²) >= 11 is 1.19. The molecule has 0 radical (unpaired) electrons. The maximum atomic E-state index is 13.7. The molecule has 0 saturated carbocycles. The van der Waals surface area contributed by atoms with Gasteiger partial charge in [0.15, 0.2) is 5.17 Å². The molecule has 1 N–H and O–H groups in total. The van der Waals surface area contributed by atoms with Crippen molar-refractivity contribution in [1.82, 2.24) is 4.90 Å². The number of nitrogens with zero attached hydrogens (tertiary/aromatic N) is 2. The number of para-hydroxylation sites is 2. The van der Waals surface area contributed by atoms with E-state index in [-0.39, 0.29) is 18.0 Å². The highest BCUT2D eigenvalue weighted by atomic mass is 32.2. The number of amides is 2. The minimum absolute atomic E-state index is 0.0370. The summed E-state index contributed by atoms with van der Waals surface area (Å²) in [6.07, 6.45) is 0.0370. The van der Waals surface area contributed by atoms with Gasteiger partial charge in [0, 0.05) is 13.5 Å². The zero-order chi connectivity index (χ0) is 17.8. The van der Waals surface area contributed by atoms with E-state index in [1.165, 1.54) is 28.8 Å². The van der Waals surface area contributed by atoms with Crippen molar-refractivity contribution >= 4 is 40.1 Å². The molecular weight excluding hydrogens is 341 g/mol. The highest BCUT2D eigenvalue weighted by Crippen LogP contribution is 2.29. The number of rotatable bonds is 3. The van der Waals surface area contributed by atoms with E-state index in [2.05, 4.69) is 10.3 Å². The third kappa shape index (κ3) is 4.06. The number of nitrogens with one attached hydrogen (secondary N) is 1. The minimum Gasteiger partial charge on any atom is -0.323 e. The van der Waals surface area contributed by atoms with Gasteiger partial charge in [-0.1, -0.05) is 42.1 Å². The highest BCUT2D eigenvalue weighted by molar-refractivity contribution is 8.15. The van der Waals surface area contributed by atoms with Crippen LogP contribution in [0.15, 0.2) is 59.6 Å². The number of carbonyl (C=O) groups excluding carboxylic acids is 2. The van der Waals surface area contributed by atoms with Crippen LogP contribution >= 0.6 is 11.8 Å². The Balaban J connectivity index is 1.78. The second-order valence-corrected chi connectivity index (χ2v) is 6.63. The van der Waals surface area contributed by atoms with Crippen LogP contribution < -0.4 is 5.32 Å². The van der Waals surface area contributed by atoms with E-state index in [1.54, 1.807) is 19.2 Å². The maximum absolute atomic E-state index is 13.7. The summed E-state index contributed by atoms with van der Waals surface area (Å²) in [5.74, 6) is -1.14. The Morgan fingerprint density at radius 3 is 2.60 bits per heavy atom. The molecule has 2 aromatic carbocycles. The normalized spacial score (nSPS) is 19.1. The number of amidine groups is 1. The predicted molar refractivity (Wildman–Crippen MR) is 97.3 cm³/mol. The van der Waals surface area contributed by atoms with E-state index in [0.717, 1.165) is 0 Å². The fraction of sp³-hybridized carbons (Fsp3) is 0.167. The first kappa shape index (κ1) is 17.2. The van der Waals surface area contributed by atoms with Gasteiger partial charge in [-0.2, -0.15) is 0 Å². The van der Waals surface area contributed by atoms with Crippen LogP contribution in [0.25, 0.3) is 0 Å². The molecule has 128 valence electrons. The van der Waals surface area contributed by atoms with E-state index in [9.17, 15) is 14.0 Å². The van der Waals surface area contributed by atoms with E-state index >= 15 is 0 Å². The Labute approximate surface area is 148 Å². The van der Waals surface area contributed by atoms with Gasteiger partial charge in [-0.3, -0.25) is 14.5 Å². The molecule has 1 atom stereocenters. The Morgan fingerprint density at radius 1 is 1.20 bits per heavy atom. The molecule has 0 spiro atoms. The molecule has 0 unspecified atom stereocenters. The summed E-state index contributed by atoms with van der Waals surface area (Å²) in [4.78, 5) is 30.5. The van der Waals surface area contributed by atoms with Gasteiger partial charge in [-0.05, 0) is 24.3 Å². The molecule has 5 nitrogen and oxygen atoms in total. The number of aliphatic imine (C=N–C) groups is 1. The first-order chi connectivity index (χ1) is 12.0. The van der Waals surface area contributed by atoms with Crippen LogP contribution in [0.2, 0.25) is 0 Å². The molecule has 7 heteroatoms. The van der Waals surface area contributed by atoms with Crippen molar-refractivity contribution in [3.05, 3.63) is 60.4 Å².